The molecule has 0 fully saturated rings. The summed E-state index contributed by atoms with van der Waals surface area (Å²) in [5.74, 6) is 0.833. The first-order valence-electron chi connectivity index (χ1n) is 11.8. The van der Waals surface area contributed by atoms with Crippen LogP contribution in [0.4, 0.5) is 0 Å². The van der Waals surface area contributed by atoms with Crippen LogP contribution in [-0.4, -0.2) is 87.7 Å². The van der Waals surface area contributed by atoms with Crippen LogP contribution in [-0.2, 0) is 30.6 Å². The molecule has 17 nitrogen and oxygen atoms in total. The molecule has 0 bridgehead atoms. The minimum Gasteiger partial charge on any atom is -0.481 e. The average Bonchev–Trinajstić information content (AvgIpc) is 3.39. The second-order valence-corrected chi connectivity index (χ2v) is 11.3. The number of rotatable bonds is 12. The van der Waals surface area contributed by atoms with Gasteiger partial charge in [0.15, 0.2) is 9.84 Å². The number of amides is 2. The van der Waals surface area contributed by atoms with E-state index in [1.165, 1.54) is 23.2 Å². The molecule has 1 aromatic carbocycles. The first kappa shape index (κ1) is 30.7. The van der Waals surface area contributed by atoms with E-state index < -0.39 is 68.2 Å². The Morgan fingerprint density at radius 1 is 1.29 bits per heavy atom. The molecular formula is C23H28N8O9S. The maximum absolute atomic E-state index is 12.6. The van der Waals surface area contributed by atoms with Crippen LogP contribution in [0.15, 0.2) is 47.2 Å². The van der Waals surface area contributed by atoms with Gasteiger partial charge in [-0.15, -0.1) is 0 Å². The summed E-state index contributed by atoms with van der Waals surface area (Å²) in [5.41, 5.74) is 2.15. The fourth-order valence-electron chi connectivity index (χ4n) is 3.89. The van der Waals surface area contributed by atoms with Crippen molar-refractivity contribution in [3.8, 4) is 17.1 Å². The number of aliphatic imine (C=N–C) groups is 1. The van der Waals surface area contributed by atoms with Crippen LogP contribution in [0.5, 0.6) is 5.75 Å². The Morgan fingerprint density at radius 2 is 1.98 bits per heavy atom. The number of nitrogens with zero attached hydrogens (tertiary/aromatic N) is 5. The van der Waals surface area contributed by atoms with Crippen molar-refractivity contribution >= 4 is 33.3 Å². The fourth-order valence-corrected chi connectivity index (χ4v) is 4.71. The zero-order valence-corrected chi connectivity index (χ0v) is 23.0. The van der Waals surface area contributed by atoms with Gasteiger partial charge in [-0.05, 0) is 30.2 Å². The highest BCUT2D eigenvalue weighted by molar-refractivity contribution is 7.91. The van der Waals surface area contributed by atoms with E-state index in [9.17, 15) is 38.0 Å². The molecule has 1 aliphatic rings. The van der Waals surface area contributed by atoms with Crippen molar-refractivity contribution in [2.45, 2.75) is 24.8 Å². The Balaban J connectivity index is 2.23. The van der Waals surface area contributed by atoms with Crippen LogP contribution in [0.1, 0.15) is 18.4 Å². The third-order valence-corrected chi connectivity index (χ3v) is 6.95. The van der Waals surface area contributed by atoms with E-state index in [4.69, 9.17) is 16.3 Å². The largest absolute Gasteiger partial charge is 0.481 e. The molecule has 2 amide bonds. The lowest BCUT2D eigenvalue weighted by Crippen LogP contribution is -2.51. The number of hydrogen-bond acceptors (Lipinski definition) is 12. The van der Waals surface area contributed by atoms with E-state index in [2.05, 4.69) is 15.0 Å². The highest BCUT2D eigenvalue weighted by Gasteiger charge is 2.46. The lowest BCUT2D eigenvalue weighted by molar-refractivity contribution is -0.420. The van der Waals surface area contributed by atoms with Crippen molar-refractivity contribution in [1.82, 2.24) is 19.9 Å². The number of carboxylic acid groups (broad SMARTS) is 1. The number of H-pyrrole nitrogens is 1. The number of nitrogens with one attached hydrogen (secondary N) is 1. The highest BCUT2D eigenvalue weighted by atomic mass is 32.2. The molecule has 6 N–H and O–H groups in total. The van der Waals surface area contributed by atoms with Crippen molar-refractivity contribution in [1.29, 1.82) is 0 Å². The van der Waals surface area contributed by atoms with E-state index in [-0.39, 0.29) is 18.1 Å². The summed E-state index contributed by atoms with van der Waals surface area (Å²) in [6.45, 7) is 0. The number of nitro groups is 1. The number of likely N-dealkylation sites (N-methyl/N-ethyl adjacent to an activating group) is 1. The number of imidazole rings is 1. The average molecular weight is 593 g/mol. The van der Waals surface area contributed by atoms with Crippen LogP contribution < -0.4 is 16.3 Å². The first-order chi connectivity index (χ1) is 19.1. The summed E-state index contributed by atoms with van der Waals surface area (Å²) < 4.78 is 31.0. The predicted molar refractivity (Wildman–Crippen MR) is 143 cm³/mol. The maximum Gasteiger partial charge on any atom is 0.352 e. The van der Waals surface area contributed by atoms with Crippen LogP contribution in [0.3, 0.4) is 0 Å². The van der Waals surface area contributed by atoms with Crippen molar-refractivity contribution in [2.24, 2.45) is 22.5 Å². The van der Waals surface area contributed by atoms with E-state index >= 15 is 0 Å². The molecule has 41 heavy (non-hydrogen) atoms. The zero-order chi connectivity index (χ0) is 30.6. The van der Waals surface area contributed by atoms with Crippen LogP contribution in [0.25, 0.3) is 11.4 Å². The maximum atomic E-state index is 12.6. The molecule has 220 valence electrons. The molecule has 2 heterocycles. The number of sulfone groups is 1. The molecular weight excluding hydrogens is 564 g/mol. The summed E-state index contributed by atoms with van der Waals surface area (Å²) in [5, 5.41) is 22.5. The number of hydrazine groups is 1. The number of carboxylic acids is 1. The van der Waals surface area contributed by atoms with Gasteiger partial charge in [-0.3, -0.25) is 24.5 Å². The Hall–Kier alpha value is -4.84. The smallest absolute Gasteiger partial charge is 0.352 e. The van der Waals surface area contributed by atoms with Crippen molar-refractivity contribution in [3.05, 3.63) is 57.9 Å². The van der Waals surface area contributed by atoms with Gasteiger partial charge in [-0.2, -0.15) is 0 Å². The lowest BCUT2D eigenvalue weighted by atomic mass is 9.94. The summed E-state index contributed by atoms with van der Waals surface area (Å²) in [7, 11) is -1.11. The SMILES string of the molecule is CN(C)C(=O)Cc1cc(OC2=C([N+](=O)[O-])C(C(CCC(N)=O)C(=O)O)=NC(S(C)(=O)=O)N2N)cc(-c2ncc[nH]2)c1. The Bertz CT molecular complexity index is 1530. The molecule has 2 aromatic rings. The number of aromatic nitrogens is 2. The molecule has 1 aliphatic heterocycles. The van der Waals surface area contributed by atoms with Crippen molar-refractivity contribution in [2.75, 3.05) is 20.4 Å². The van der Waals surface area contributed by atoms with Gasteiger partial charge in [0.05, 0.1) is 11.3 Å². The van der Waals surface area contributed by atoms with Crippen LogP contribution in [0.2, 0.25) is 0 Å². The van der Waals surface area contributed by atoms with Gasteiger partial charge in [0.2, 0.25) is 17.3 Å². The third kappa shape index (κ3) is 7.22. The molecule has 0 saturated carbocycles. The molecule has 0 saturated heterocycles. The highest BCUT2D eigenvalue weighted by Crippen LogP contribution is 2.32. The van der Waals surface area contributed by atoms with Gasteiger partial charge in [0.25, 0.3) is 5.88 Å². The van der Waals surface area contributed by atoms with Crippen LogP contribution >= 0.6 is 0 Å². The Labute approximate surface area is 233 Å². The summed E-state index contributed by atoms with van der Waals surface area (Å²) in [6, 6.07) is 4.42. The van der Waals surface area contributed by atoms with Crippen molar-refractivity contribution in [3.63, 3.8) is 0 Å². The molecule has 0 spiro atoms. The molecule has 0 radical (unpaired) electrons. The molecule has 3 rings (SSSR count). The minimum atomic E-state index is -4.22. The van der Waals surface area contributed by atoms with Gasteiger partial charge in [-0.1, -0.05) is 0 Å². The quantitative estimate of drug-likeness (QED) is 0.138. The number of hydrogen-bond donors (Lipinski definition) is 4. The third-order valence-electron chi connectivity index (χ3n) is 5.85. The number of aromatic amines is 1. The van der Waals surface area contributed by atoms with Crippen LogP contribution in [0, 0.1) is 16.0 Å². The lowest BCUT2D eigenvalue weighted by Gasteiger charge is -2.31. The van der Waals surface area contributed by atoms with E-state index in [0.717, 1.165) is 6.26 Å². The second kappa shape index (κ2) is 12.1. The molecule has 2 unspecified atom stereocenters. The molecule has 2 atom stereocenters. The summed E-state index contributed by atoms with van der Waals surface area (Å²) in [4.78, 5) is 59.3. The summed E-state index contributed by atoms with van der Waals surface area (Å²) in [6.07, 6.45) is 2.66. The van der Waals surface area contributed by atoms with Gasteiger partial charge in [0.1, 0.15) is 23.2 Å². The Morgan fingerprint density at radius 3 is 2.49 bits per heavy atom. The number of nitrogens with two attached hydrogens (primary N) is 2. The minimum absolute atomic E-state index is 0.0989. The van der Waals surface area contributed by atoms with Gasteiger partial charge in [-0.25, -0.2) is 29.2 Å². The van der Waals surface area contributed by atoms with Gasteiger partial charge < -0.3 is 25.5 Å². The van der Waals surface area contributed by atoms with E-state index in [1.807, 2.05) is 0 Å². The molecule has 1 aromatic heterocycles. The number of carbonyl (C=O) groups is 3. The van der Waals surface area contributed by atoms with Crippen molar-refractivity contribution < 1.29 is 37.6 Å². The monoisotopic (exact) mass is 592 g/mol. The number of ether oxygens (including phenoxy) is 1. The number of benzene rings is 1. The zero-order valence-electron chi connectivity index (χ0n) is 22.2. The number of primary amides is 1. The van der Waals surface area contributed by atoms with E-state index in [0.29, 0.717) is 22.0 Å². The van der Waals surface area contributed by atoms with E-state index in [1.54, 1.807) is 26.4 Å². The standard InChI is InChI=1S/C23H28N8O9S/c1-29(2)17(33)10-12-8-13(20-26-6-7-27-20)11-14(9-12)40-21-19(31(36)37)18(15(22(34)35)4-5-16(24)32)28-23(30(21)25)41(3,38)39/h6-9,11,15,23H,4-5,10,25H2,1-3H3,(H2,24,32)(H,26,27)(H,34,35). The fraction of sp³-hybridized carbons (Fsp3) is 0.348. The number of allylic oxidation sites excluding steroid dienone is 1. The molecule has 0 aliphatic carbocycles. The van der Waals surface area contributed by atoms with Gasteiger partial charge >= 0.3 is 11.7 Å². The predicted octanol–water partition coefficient (Wildman–Crippen LogP) is -0.543. The van der Waals surface area contributed by atoms with Gasteiger partial charge in [0, 0.05) is 44.7 Å². The molecule has 18 heteroatoms. The topological polar surface area (TPSA) is 258 Å². The summed E-state index contributed by atoms with van der Waals surface area (Å²) >= 11 is 0. The normalized spacial score (nSPS) is 16.1. The Kier molecular flexibility index (Phi) is 9.08. The first-order valence-corrected chi connectivity index (χ1v) is 13.8. The number of aliphatic carboxylic acids is 1. The number of carbonyl (C=O) groups excluding carboxylic acids is 2. The second-order valence-electron chi connectivity index (χ2n) is 9.25.